The topological polar surface area (TPSA) is 105 Å². The zero-order valence-corrected chi connectivity index (χ0v) is 23.2. The molecular formula is C28H41F2N3O5. The van der Waals surface area contributed by atoms with Crippen molar-refractivity contribution in [3.05, 3.63) is 41.2 Å². The molecule has 2 aromatic rings. The van der Waals surface area contributed by atoms with Crippen molar-refractivity contribution in [2.45, 2.75) is 92.0 Å². The van der Waals surface area contributed by atoms with E-state index in [0.29, 0.717) is 36.0 Å². The minimum Gasteiger partial charge on any atom is -0.478 e. The van der Waals surface area contributed by atoms with Crippen LogP contribution in [0.1, 0.15) is 82.4 Å². The number of pyridine rings is 1. The monoisotopic (exact) mass is 537 g/mol. The second kappa shape index (κ2) is 14.3. The first-order valence-corrected chi connectivity index (χ1v) is 13.2. The average molecular weight is 538 g/mol. The molecule has 1 aliphatic carbocycles. The van der Waals surface area contributed by atoms with Gasteiger partial charge in [0.1, 0.15) is 5.65 Å². The molecule has 0 radical (unpaired) electrons. The van der Waals surface area contributed by atoms with Gasteiger partial charge >= 0.3 is 18.6 Å². The van der Waals surface area contributed by atoms with Gasteiger partial charge in [-0.15, -0.1) is 0 Å². The van der Waals surface area contributed by atoms with Crippen molar-refractivity contribution in [2.75, 3.05) is 13.1 Å². The number of hydrogen-bond acceptors (Lipinski definition) is 5. The van der Waals surface area contributed by atoms with Crippen LogP contribution in [0.15, 0.2) is 30.0 Å². The van der Waals surface area contributed by atoms with Gasteiger partial charge in [0.05, 0.1) is 11.7 Å². The normalized spacial score (nSPS) is 20.4. The van der Waals surface area contributed by atoms with Gasteiger partial charge in [0.2, 0.25) is 0 Å². The Morgan fingerprint density at radius 3 is 2.21 bits per heavy atom. The van der Waals surface area contributed by atoms with Gasteiger partial charge in [-0.2, -0.15) is 8.78 Å². The molecule has 0 unspecified atom stereocenters. The first kappa shape index (κ1) is 31.4. The Balaban J connectivity index is 0.000000491. The Morgan fingerprint density at radius 1 is 1.13 bits per heavy atom. The molecule has 10 heteroatoms. The largest absolute Gasteiger partial charge is 0.478 e. The van der Waals surface area contributed by atoms with E-state index in [4.69, 9.17) is 5.11 Å². The summed E-state index contributed by atoms with van der Waals surface area (Å²) in [4.78, 5) is 28.2. The molecule has 0 bridgehead atoms. The lowest BCUT2D eigenvalue weighted by Crippen LogP contribution is -2.57. The second-order valence-corrected chi connectivity index (χ2v) is 9.85. The molecule has 2 fully saturated rings. The Hall–Kier alpha value is -2.85. The maximum atomic E-state index is 12.3. The van der Waals surface area contributed by atoms with Crippen LogP contribution in [0.25, 0.3) is 11.0 Å². The van der Waals surface area contributed by atoms with Gasteiger partial charge in [-0.3, -0.25) is 4.90 Å². The number of fused-ring (bicyclic) bond motifs is 1. The zero-order valence-electron chi connectivity index (χ0n) is 23.2. The van der Waals surface area contributed by atoms with Crippen molar-refractivity contribution in [2.24, 2.45) is 5.92 Å². The van der Waals surface area contributed by atoms with Gasteiger partial charge in [0.25, 0.3) is 0 Å². The van der Waals surface area contributed by atoms with E-state index in [-0.39, 0.29) is 12.1 Å². The molecular weight excluding hydrogens is 496 g/mol. The molecule has 0 aromatic carbocycles. The number of carbonyl (C=O) groups is 2. The SMILES string of the molecule is CC.CC(C)=CC(=O)O.Cc1c(C(=O)O)c2cccnc2n1[C@H](C)C1CCC(N2CC(OC(F)F)C2)CC1. The lowest BCUT2D eigenvalue weighted by Gasteiger charge is -2.46. The number of carboxylic acid groups (broad SMARTS) is 2. The van der Waals surface area contributed by atoms with Crippen molar-refractivity contribution in [3.63, 3.8) is 0 Å². The maximum absolute atomic E-state index is 12.3. The number of hydrogen-bond donors (Lipinski definition) is 2. The summed E-state index contributed by atoms with van der Waals surface area (Å²) >= 11 is 0. The van der Waals surface area contributed by atoms with Crippen LogP contribution in [0.4, 0.5) is 8.78 Å². The van der Waals surface area contributed by atoms with E-state index in [2.05, 4.69) is 26.1 Å². The summed E-state index contributed by atoms with van der Waals surface area (Å²) < 4.78 is 31.2. The van der Waals surface area contributed by atoms with Crippen LogP contribution in [0.5, 0.6) is 0 Å². The van der Waals surface area contributed by atoms with E-state index >= 15 is 0 Å². The lowest BCUT2D eigenvalue weighted by atomic mass is 9.80. The molecule has 3 heterocycles. The number of likely N-dealkylation sites (tertiary alicyclic amines) is 1. The van der Waals surface area contributed by atoms with Crippen LogP contribution >= 0.6 is 0 Å². The summed E-state index contributed by atoms with van der Waals surface area (Å²) in [5, 5.41) is 18.4. The van der Waals surface area contributed by atoms with Crippen LogP contribution in [-0.4, -0.2) is 68.4 Å². The van der Waals surface area contributed by atoms with E-state index in [0.717, 1.165) is 42.6 Å². The number of aromatic nitrogens is 2. The number of allylic oxidation sites excluding steroid dienone is 1. The number of ether oxygens (including phenoxy) is 1. The van der Waals surface area contributed by atoms with Gasteiger partial charge in [0, 0.05) is 48.5 Å². The van der Waals surface area contributed by atoms with Gasteiger partial charge in [-0.1, -0.05) is 19.4 Å². The Morgan fingerprint density at radius 2 is 1.74 bits per heavy atom. The highest BCUT2D eigenvalue weighted by molar-refractivity contribution is 6.04. The number of aliphatic carboxylic acids is 1. The zero-order chi connectivity index (χ0) is 28.6. The van der Waals surface area contributed by atoms with Gasteiger partial charge in [-0.05, 0) is 71.4 Å². The van der Waals surface area contributed by atoms with Crippen molar-refractivity contribution >= 4 is 23.0 Å². The highest BCUT2D eigenvalue weighted by Gasteiger charge is 2.37. The van der Waals surface area contributed by atoms with Crippen molar-refractivity contribution in [3.8, 4) is 0 Å². The molecule has 1 saturated heterocycles. The molecule has 8 nitrogen and oxygen atoms in total. The number of alkyl halides is 2. The summed E-state index contributed by atoms with van der Waals surface area (Å²) in [6.45, 7) is 9.97. The predicted molar refractivity (Wildman–Crippen MR) is 143 cm³/mol. The van der Waals surface area contributed by atoms with Crippen LogP contribution < -0.4 is 0 Å². The molecule has 4 rings (SSSR count). The quantitative estimate of drug-likeness (QED) is 0.408. The van der Waals surface area contributed by atoms with E-state index < -0.39 is 18.6 Å². The lowest BCUT2D eigenvalue weighted by molar-refractivity contribution is -0.202. The maximum Gasteiger partial charge on any atom is 0.345 e. The molecule has 212 valence electrons. The minimum absolute atomic E-state index is 0.146. The van der Waals surface area contributed by atoms with Crippen LogP contribution in [0.2, 0.25) is 0 Å². The Labute approximate surface area is 223 Å². The smallest absolute Gasteiger partial charge is 0.345 e. The average Bonchev–Trinajstić information content (AvgIpc) is 3.13. The summed E-state index contributed by atoms with van der Waals surface area (Å²) in [5.41, 5.74) is 2.62. The minimum atomic E-state index is -2.69. The standard InChI is InChI=1S/C21H27F2N3O3.C5H8O2.C2H6/c1-12(26-13(2)18(20(27)28)17-4-3-9-24-19(17)26)14-5-7-15(8-6-14)25-10-16(11-25)29-21(22)23;1-4(2)3-5(6)7;1-2/h3-4,9,12,14-16,21H,5-8,10-11H2,1-2H3,(H,27,28);3H,1-2H3,(H,6,7);1-2H3/t12-,14?,15?;;/m1../s1. The Kier molecular flexibility index (Phi) is 11.8. The summed E-state index contributed by atoms with van der Waals surface area (Å²) in [6.07, 6.45) is 6.62. The molecule has 0 amide bonds. The number of carboxylic acids is 2. The van der Waals surface area contributed by atoms with Gasteiger partial charge in [0.15, 0.2) is 0 Å². The van der Waals surface area contributed by atoms with Crippen LogP contribution in [-0.2, 0) is 9.53 Å². The predicted octanol–water partition coefficient (Wildman–Crippen LogP) is 6.15. The summed E-state index contributed by atoms with van der Waals surface area (Å²) in [6, 6.07) is 4.16. The van der Waals surface area contributed by atoms with E-state index in [1.807, 2.05) is 26.8 Å². The highest BCUT2D eigenvalue weighted by Crippen LogP contribution is 2.39. The third-order valence-electron chi connectivity index (χ3n) is 7.15. The number of nitrogens with zero attached hydrogens (tertiary/aromatic N) is 3. The highest BCUT2D eigenvalue weighted by atomic mass is 19.3. The molecule has 1 aliphatic heterocycles. The molecule has 0 spiro atoms. The molecule has 2 aromatic heterocycles. The third kappa shape index (κ3) is 7.83. The second-order valence-electron chi connectivity index (χ2n) is 9.85. The molecule has 1 atom stereocenters. The molecule has 2 N–H and O–H groups in total. The fourth-order valence-electron chi connectivity index (χ4n) is 5.43. The fourth-order valence-corrected chi connectivity index (χ4v) is 5.43. The summed E-state index contributed by atoms with van der Waals surface area (Å²) in [5.74, 6) is -1.37. The van der Waals surface area contributed by atoms with Crippen molar-refractivity contribution in [1.29, 1.82) is 0 Å². The molecule has 2 aliphatic rings. The first-order valence-electron chi connectivity index (χ1n) is 13.2. The molecule has 38 heavy (non-hydrogen) atoms. The third-order valence-corrected chi connectivity index (χ3v) is 7.15. The fraction of sp³-hybridized carbons (Fsp3) is 0.607. The Bertz CT molecular complexity index is 1100. The van der Waals surface area contributed by atoms with Crippen LogP contribution in [0.3, 0.4) is 0 Å². The molecule has 1 saturated carbocycles. The van der Waals surface area contributed by atoms with Gasteiger partial charge < -0.3 is 19.5 Å². The van der Waals surface area contributed by atoms with E-state index in [9.17, 15) is 23.5 Å². The van der Waals surface area contributed by atoms with Crippen molar-refractivity contribution in [1.82, 2.24) is 14.5 Å². The van der Waals surface area contributed by atoms with E-state index in [1.54, 1.807) is 26.1 Å². The van der Waals surface area contributed by atoms with Crippen molar-refractivity contribution < 1.29 is 33.3 Å². The number of aromatic carboxylic acids is 1. The van der Waals surface area contributed by atoms with Gasteiger partial charge in [-0.25, -0.2) is 14.6 Å². The van der Waals surface area contributed by atoms with Crippen LogP contribution in [0, 0.1) is 12.8 Å². The number of halogens is 2. The summed E-state index contributed by atoms with van der Waals surface area (Å²) in [7, 11) is 0. The first-order chi connectivity index (χ1) is 18.0. The number of rotatable bonds is 7. The van der Waals surface area contributed by atoms with E-state index in [1.165, 1.54) is 6.08 Å².